The number of hydrogen-bond donors (Lipinski definition) is 3. The van der Waals surface area contributed by atoms with Gasteiger partial charge in [-0.25, -0.2) is 0 Å². The summed E-state index contributed by atoms with van der Waals surface area (Å²) in [6.07, 6.45) is 4.98. The third-order valence-corrected chi connectivity index (χ3v) is 7.46. The number of aryl methyl sites for hydroxylation is 1. The standard InChI is InChI=1S/C33H36O7/c1-38-27-14-7-22(8-15-27)30(36)17-10-24-18-29(31(37)20-33(24)40-3)28(21-4-11-25(34)12-5-21)16-9-23-6-13-26(35)19-32(23)39-2/h4-8,11-15,18-20,28-29,31,34-35,37H,9-10,16-17H2,1-3H3. The van der Waals surface area contributed by atoms with E-state index < -0.39 is 6.10 Å². The van der Waals surface area contributed by atoms with Crippen LogP contribution in [0, 0.1) is 5.92 Å². The molecule has 0 heterocycles. The van der Waals surface area contributed by atoms with E-state index >= 15 is 0 Å². The molecule has 4 rings (SSSR count). The van der Waals surface area contributed by atoms with Gasteiger partial charge < -0.3 is 29.5 Å². The Labute approximate surface area is 235 Å². The summed E-state index contributed by atoms with van der Waals surface area (Å²) in [7, 11) is 4.72. The molecule has 7 heteroatoms. The number of hydrogen-bond acceptors (Lipinski definition) is 7. The molecule has 7 nitrogen and oxygen atoms in total. The van der Waals surface area contributed by atoms with Crippen LogP contribution in [0.15, 0.2) is 90.2 Å². The zero-order chi connectivity index (χ0) is 28.6. The summed E-state index contributed by atoms with van der Waals surface area (Å²) in [6.45, 7) is 0. The number of aliphatic hydroxyl groups is 1. The smallest absolute Gasteiger partial charge is 0.163 e. The first-order chi connectivity index (χ1) is 19.3. The third kappa shape index (κ3) is 6.85. The topological polar surface area (TPSA) is 105 Å². The minimum Gasteiger partial charge on any atom is -0.508 e. The zero-order valence-electron chi connectivity index (χ0n) is 23.0. The lowest BCUT2D eigenvalue weighted by Gasteiger charge is -2.32. The van der Waals surface area contributed by atoms with E-state index in [1.807, 2.05) is 24.3 Å². The highest BCUT2D eigenvalue weighted by Gasteiger charge is 2.32. The molecule has 1 aliphatic carbocycles. The fourth-order valence-electron chi connectivity index (χ4n) is 5.27. The molecule has 3 unspecified atom stereocenters. The maximum atomic E-state index is 12.9. The molecule has 0 saturated heterocycles. The van der Waals surface area contributed by atoms with E-state index in [4.69, 9.17) is 14.2 Å². The van der Waals surface area contributed by atoms with Gasteiger partial charge in [0.15, 0.2) is 5.78 Å². The normalized spacial score (nSPS) is 17.4. The van der Waals surface area contributed by atoms with Crippen molar-refractivity contribution in [2.45, 2.75) is 37.7 Å². The molecule has 0 saturated carbocycles. The Morgan fingerprint density at radius 3 is 2.17 bits per heavy atom. The van der Waals surface area contributed by atoms with E-state index in [-0.39, 0.29) is 35.5 Å². The Bertz CT molecular complexity index is 1360. The fraction of sp³-hybridized carbons (Fsp3) is 0.303. The van der Waals surface area contributed by atoms with Crippen molar-refractivity contribution in [3.05, 3.63) is 107 Å². The number of methoxy groups -OCH3 is 3. The van der Waals surface area contributed by atoms with E-state index in [0.29, 0.717) is 42.1 Å². The molecule has 0 bridgehead atoms. The fourth-order valence-corrected chi connectivity index (χ4v) is 5.27. The van der Waals surface area contributed by atoms with Gasteiger partial charge in [0.1, 0.15) is 28.8 Å². The van der Waals surface area contributed by atoms with Crippen LogP contribution >= 0.6 is 0 Å². The quantitative estimate of drug-likeness (QED) is 0.242. The lowest BCUT2D eigenvalue weighted by Crippen LogP contribution is -2.28. The van der Waals surface area contributed by atoms with Gasteiger partial charge in [-0.15, -0.1) is 0 Å². The molecule has 3 atom stereocenters. The van der Waals surface area contributed by atoms with E-state index in [0.717, 1.165) is 16.7 Å². The van der Waals surface area contributed by atoms with Gasteiger partial charge in [0.2, 0.25) is 0 Å². The van der Waals surface area contributed by atoms with Crippen molar-refractivity contribution in [1.82, 2.24) is 0 Å². The van der Waals surface area contributed by atoms with Gasteiger partial charge in [-0.1, -0.05) is 24.3 Å². The molecular formula is C33H36O7. The number of Topliss-reactive ketones (excluding diaryl/α,β-unsaturated/α-hetero) is 1. The molecule has 0 aliphatic heterocycles. The molecule has 210 valence electrons. The van der Waals surface area contributed by atoms with Crippen molar-refractivity contribution in [3.8, 4) is 23.0 Å². The first-order valence-corrected chi connectivity index (χ1v) is 13.3. The molecule has 0 fully saturated rings. The maximum absolute atomic E-state index is 12.9. The molecule has 3 aromatic rings. The summed E-state index contributed by atoms with van der Waals surface area (Å²) in [6, 6.07) is 19.2. The van der Waals surface area contributed by atoms with Crippen molar-refractivity contribution in [3.63, 3.8) is 0 Å². The highest BCUT2D eigenvalue weighted by atomic mass is 16.5. The Morgan fingerprint density at radius 1 is 0.825 bits per heavy atom. The van der Waals surface area contributed by atoms with E-state index in [2.05, 4.69) is 0 Å². The summed E-state index contributed by atoms with van der Waals surface area (Å²) in [5.74, 6) is 1.76. The van der Waals surface area contributed by atoms with Gasteiger partial charge in [0.05, 0.1) is 27.4 Å². The Hall–Kier alpha value is -4.23. The summed E-state index contributed by atoms with van der Waals surface area (Å²) >= 11 is 0. The Balaban J connectivity index is 1.59. The van der Waals surface area contributed by atoms with E-state index in [1.165, 1.54) is 0 Å². The Morgan fingerprint density at radius 2 is 1.52 bits per heavy atom. The predicted molar refractivity (Wildman–Crippen MR) is 153 cm³/mol. The number of phenolic OH excluding ortho intramolecular Hbond substituents is 2. The molecule has 40 heavy (non-hydrogen) atoms. The first kappa shape index (κ1) is 28.8. The number of rotatable bonds is 12. The summed E-state index contributed by atoms with van der Waals surface area (Å²) in [5, 5.41) is 31.0. The van der Waals surface area contributed by atoms with Crippen LogP contribution in [0.3, 0.4) is 0 Å². The number of ketones is 1. The number of ether oxygens (including phenoxy) is 3. The van der Waals surface area contributed by atoms with Crippen LogP contribution < -0.4 is 9.47 Å². The monoisotopic (exact) mass is 544 g/mol. The van der Waals surface area contributed by atoms with Gasteiger partial charge in [-0.05, 0) is 90.4 Å². The van der Waals surface area contributed by atoms with E-state index in [9.17, 15) is 20.1 Å². The second-order valence-corrected chi connectivity index (χ2v) is 9.88. The highest BCUT2D eigenvalue weighted by Crippen LogP contribution is 2.40. The average molecular weight is 545 g/mol. The van der Waals surface area contributed by atoms with Crippen LogP contribution in [0.2, 0.25) is 0 Å². The van der Waals surface area contributed by atoms with Crippen LogP contribution in [0.1, 0.15) is 46.7 Å². The van der Waals surface area contributed by atoms with Crippen molar-refractivity contribution in [2.75, 3.05) is 21.3 Å². The number of aromatic hydroxyl groups is 2. The summed E-state index contributed by atoms with van der Waals surface area (Å²) < 4.78 is 16.3. The van der Waals surface area contributed by atoms with Gasteiger partial charge in [0, 0.05) is 24.0 Å². The van der Waals surface area contributed by atoms with Gasteiger partial charge in [-0.3, -0.25) is 4.79 Å². The van der Waals surface area contributed by atoms with Crippen molar-refractivity contribution in [2.24, 2.45) is 5.92 Å². The molecule has 0 radical (unpaired) electrons. The van der Waals surface area contributed by atoms with Gasteiger partial charge >= 0.3 is 0 Å². The van der Waals surface area contributed by atoms with Crippen LogP contribution in [-0.4, -0.2) is 48.5 Å². The molecule has 0 spiro atoms. The largest absolute Gasteiger partial charge is 0.508 e. The zero-order valence-corrected chi connectivity index (χ0v) is 23.0. The average Bonchev–Trinajstić information content (AvgIpc) is 2.98. The second kappa shape index (κ2) is 13.2. The van der Waals surface area contributed by atoms with Crippen LogP contribution in [0.4, 0.5) is 0 Å². The van der Waals surface area contributed by atoms with Crippen molar-refractivity contribution in [1.29, 1.82) is 0 Å². The third-order valence-electron chi connectivity index (χ3n) is 7.46. The number of allylic oxidation sites excluding steroid dienone is 1. The SMILES string of the molecule is COC1=CC(O)C(C(CCc2ccc(O)cc2OC)c2ccc(O)cc2)C=C1CCC(=O)c1ccc(OC)cc1. The summed E-state index contributed by atoms with van der Waals surface area (Å²) in [5.41, 5.74) is 3.39. The molecule has 3 N–H and O–H groups in total. The lowest BCUT2D eigenvalue weighted by molar-refractivity contribution is 0.0981. The van der Waals surface area contributed by atoms with Crippen molar-refractivity contribution < 1.29 is 34.3 Å². The maximum Gasteiger partial charge on any atom is 0.163 e. The first-order valence-electron chi connectivity index (χ1n) is 13.3. The minimum atomic E-state index is -0.809. The highest BCUT2D eigenvalue weighted by molar-refractivity contribution is 5.96. The number of carbonyl (C=O) groups is 1. The van der Waals surface area contributed by atoms with Gasteiger partial charge in [0.25, 0.3) is 0 Å². The molecule has 0 amide bonds. The molecule has 3 aromatic carbocycles. The Kier molecular flexibility index (Phi) is 9.51. The van der Waals surface area contributed by atoms with Crippen LogP contribution in [0.5, 0.6) is 23.0 Å². The molecular weight excluding hydrogens is 508 g/mol. The second-order valence-electron chi connectivity index (χ2n) is 9.88. The predicted octanol–water partition coefficient (Wildman–Crippen LogP) is 5.94. The van der Waals surface area contributed by atoms with Crippen LogP contribution in [-0.2, 0) is 11.2 Å². The minimum absolute atomic E-state index is 0.0104. The summed E-state index contributed by atoms with van der Waals surface area (Å²) in [4.78, 5) is 12.9. The lowest BCUT2D eigenvalue weighted by atomic mass is 9.75. The molecule has 1 aliphatic rings. The number of carbonyl (C=O) groups excluding carboxylic acids is 1. The number of phenols is 2. The van der Waals surface area contributed by atoms with Gasteiger partial charge in [-0.2, -0.15) is 0 Å². The van der Waals surface area contributed by atoms with Crippen LogP contribution in [0.25, 0.3) is 0 Å². The van der Waals surface area contributed by atoms with Crippen molar-refractivity contribution >= 4 is 5.78 Å². The number of aliphatic hydroxyl groups excluding tert-OH is 1. The molecule has 0 aromatic heterocycles. The van der Waals surface area contributed by atoms with E-state index in [1.54, 1.807) is 75.9 Å². The number of benzene rings is 3.